The first-order valence-corrected chi connectivity index (χ1v) is 6.92. The van der Waals surface area contributed by atoms with Gasteiger partial charge < -0.3 is 9.67 Å². The van der Waals surface area contributed by atoms with Gasteiger partial charge in [0.25, 0.3) is 5.56 Å². The Morgan fingerprint density at radius 2 is 1.90 bits per heavy atom. The maximum Gasteiger partial charge on any atom is 0.337 e. The third-order valence-electron chi connectivity index (χ3n) is 3.65. The Morgan fingerprint density at radius 3 is 2.48 bits per heavy atom. The van der Waals surface area contributed by atoms with Gasteiger partial charge in [-0.3, -0.25) is 4.79 Å². The first kappa shape index (κ1) is 15.3. The van der Waals surface area contributed by atoms with Crippen LogP contribution in [0.2, 0.25) is 5.02 Å². The van der Waals surface area contributed by atoms with E-state index in [0.717, 1.165) is 5.56 Å². The van der Waals surface area contributed by atoms with Crippen LogP contribution in [0.3, 0.4) is 0 Å². The van der Waals surface area contributed by atoms with Crippen molar-refractivity contribution in [1.29, 1.82) is 0 Å². The molecule has 1 atom stereocenters. The molecule has 1 aromatic carbocycles. The number of aromatic carboxylic acids is 1. The number of nitrogens with zero attached hydrogens (tertiary/aromatic N) is 1. The van der Waals surface area contributed by atoms with E-state index in [4.69, 9.17) is 11.6 Å². The number of aryl methyl sites for hydroxylation is 1. The lowest BCUT2D eigenvalue weighted by Crippen LogP contribution is -2.28. The van der Waals surface area contributed by atoms with E-state index in [-0.39, 0.29) is 17.2 Å². The molecule has 0 bridgehead atoms. The molecule has 21 heavy (non-hydrogen) atoms. The average Bonchev–Trinajstić information content (AvgIpc) is 2.37. The largest absolute Gasteiger partial charge is 0.478 e. The molecular formula is C16H16ClNO3. The van der Waals surface area contributed by atoms with Gasteiger partial charge in [-0.1, -0.05) is 29.8 Å². The number of carboxylic acids is 1. The summed E-state index contributed by atoms with van der Waals surface area (Å²) in [5.74, 6) is -1.04. The molecule has 0 radical (unpaired) electrons. The molecule has 0 fully saturated rings. The average molecular weight is 306 g/mol. The number of benzene rings is 1. The number of rotatable bonds is 3. The summed E-state index contributed by atoms with van der Waals surface area (Å²) in [5, 5.41) is 9.88. The third-order valence-corrected chi connectivity index (χ3v) is 4.00. The molecule has 0 saturated carbocycles. The Morgan fingerprint density at radius 1 is 1.29 bits per heavy atom. The molecule has 5 heteroatoms. The fourth-order valence-electron chi connectivity index (χ4n) is 2.66. The molecule has 2 aromatic rings. The van der Waals surface area contributed by atoms with Gasteiger partial charge in [-0.25, -0.2) is 4.79 Å². The van der Waals surface area contributed by atoms with Gasteiger partial charge in [-0.15, -0.1) is 0 Å². The van der Waals surface area contributed by atoms with E-state index in [2.05, 4.69) is 0 Å². The molecule has 110 valence electrons. The number of carboxylic acid groups (broad SMARTS) is 1. The molecule has 1 N–H and O–H groups in total. The number of hydrogen-bond donors (Lipinski definition) is 1. The lowest BCUT2D eigenvalue weighted by Gasteiger charge is -2.21. The first-order chi connectivity index (χ1) is 9.84. The van der Waals surface area contributed by atoms with E-state index >= 15 is 0 Å². The summed E-state index contributed by atoms with van der Waals surface area (Å²) in [7, 11) is 0. The van der Waals surface area contributed by atoms with Crippen molar-refractivity contribution < 1.29 is 9.90 Å². The van der Waals surface area contributed by atoms with E-state index in [9.17, 15) is 14.7 Å². The van der Waals surface area contributed by atoms with Crippen molar-refractivity contribution >= 4 is 17.6 Å². The Balaban J connectivity index is 2.70. The molecule has 1 heterocycles. The Bertz CT molecular complexity index is 765. The Kier molecular flexibility index (Phi) is 4.19. The molecule has 0 aliphatic heterocycles. The molecule has 1 aromatic heterocycles. The van der Waals surface area contributed by atoms with Gasteiger partial charge in [-0.05, 0) is 38.0 Å². The van der Waals surface area contributed by atoms with Gasteiger partial charge >= 0.3 is 5.97 Å². The highest BCUT2D eigenvalue weighted by atomic mass is 35.5. The molecular weight excluding hydrogens is 290 g/mol. The second kappa shape index (κ2) is 5.74. The lowest BCUT2D eigenvalue weighted by atomic mass is 10.0. The number of aromatic nitrogens is 1. The van der Waals surface area contributed by atoms with Crippen LogP contribution in [0, 0.1) is 13.8 Å². The van der Waals surface area contributed by atoms with Crippen LogP contribution in [0.15, 0.2) is 35.1 Å². The lowest BCUT2D eigenvalue weighted by molar-refractivity contribution is 0.0694. The van der Waals surface area contributed by atoms with Crippen LogP contribution in [0.4, 0.5) is 0 Å². The molecule has 0 aliphatic rings. The van der Waals surface area contributed by atoms with Crippen molar-refractivity contribution in [3.05, 3.63) is 68.1 Å². The van der Waals surface area contributed by atoms with Gasteiger partial charge in [0.05, 0.1) is 11.6 Å². The fourth-order valence-corrected chi connectivity index (χ4v) is 2.95. The number of carbonyl (C=O) groups is 1. The highest BCUT2D eigenvalue weighted by molar-refractivity contribution is 6.31. The second-order valence-electron chi connectivity index (χ2n) is 5.00. The van der Waals surface area contributed by atoms with E-state index in [1.165, 1.54) is 10.6 Å². The zero-order valence-corrected chi connectivity index (χ0v) is 12.8. The smallest absolute Gasteiger partial charge is 0.337 e. The zero-order valence-electron chi connectivity index (χ0n) is 12.1. The van der Waals surface area contributed by atoms with Crippen LogP contribution >= 0.6 is 11.6 Å². The molecule has 1 unspecified atom stereocenters. The first-order valence-electron chi connectivity index (χ1n) is 6.55. The van der Waals surface area contributed by atoms with Crippen molar-refractivity contribution in [2.75, 3.05) is 0 Å². The standard InChI is InChI=1S/C16H16ClNO3/c1-9-8-14(19)18(11(3)15(9)16(20)21)10(2)12-6-4-5-7-13(12)17/h4-8,10H,1-3H3,(H,20,21). The van der Waals surface area contributed by atoms with Crippen molar-refractivity contribution in [2.45, 2.75) is 26.8 Å². The predicted octanol–water partition coefficient (Wildman–Crippen LogP) is 3.43. The normalized spacial score (nSPS) is 12.2. The van der Waals surface area contributed by atoms with Crippen LogP contribution in [-0.2, 0) is 0 Å². The molecule has 0 amide bonds. The maximum absolute atomic E-state index is 12.3. The minimum atomic E-state index is -1.04. The van der Waals surface area contributed by atoms with Crippen molar-refractivity contribution in [3.63, 3.8) is 0 Å². The maximum atomic E-state index is 12.3. The summed E-state index contributed by atoms with van der Waals surface area (Å²) < 4.78 is 1.47. The number of pyridine rings is 1. The number of halogens is 1. The SMILES string of the molecule is Cc1cc(=O)n(C(C)c2ccccc2Cl)c(C)c1C(=O)O. The van der Waals surface area contributed by atoms with Crippen molar-refractivity contribution in [2.24, 2.45) is 0 Å². The van der Waals surface area contributed by atoms with E-state index < -0.39 is 5.97 Å². The van der Waals surface area contributed by atoms with Crippen LogP contribution in [0.1, 0.15) is 40.1 Å². The monoisotopic (exact) mass is 305 g/mol. The van der Waals surface area contributed by atoms with Gasteiger partial charge in [0.2, 0.25) is 0 Å². The second-order valence-corrected chi connectivity index (χ2v) is 5.41. The summed E-state index contributed by atoms with van der Waals surface area (Å²) in [6.45, 7) is 5.10. The molecule has 2 rings (SSSR count). The molecule has 0 saturated heterocycles. The quantitative estimate of drug-likeness (QED) is 0.945. The number of hydrogen-bond acceptors (Lipinski definition) is 2. The minimum absolute atomic E-state index is 0.161. The van der Waals surface area contributed by atoms with Crippen molar-refractivity contribution in [1.82, 2.24) is 4.57 Å². The van der Waals surface area contributed by atoms with Crippen molar-refractivity contribution in [3.8, 4) is 0 Å². The molecule has 4 nitrogen and oxygen atoms in total. The van der Waals surface area contributed by atoms with Gasteiger partial charge in [0.15, 0.2) is 0 Å². The van der Waals surface area contributed by atoms with Crippen LogP contribution in [0.5, 0.6) is 0 Å². The summed E-state index contributed by atoms with van der Waals surface area (Å²) in [4.78, 5) is 23.7. The summed E-state index contributed by atoms with van der Waals surface area (Å²) in [6, 6.07) is 8.24. The summed E-state index contributed by atoms with van der Waals surface area (Å²) in [6.07, 6.45) is 0. The zero-order chi connectivity index (χ0) is 15.7. The van der Waals surface area contributed by atoms with Crippen LogP contribution in [0.25, 0.3) is 0 Å². The summed E-state index contributed by atoms with van der Waals surface area (Å²) in [5.41, 5.74) is 1.60. The minimum Gasteiger partial charge on any atom is -0.478 e. The van der Waals surface area contributed by atoms with E-state index in [0.29, 0.717) is 16.3 Å². The molecule has 0 aliphatic carbocycles. The van der Waals surface area contributed by atoms with Gasteiger partial charge in [0.1, 0.15) is 0 Å². The molecule has 0 spiro atoms. The highest BCUT2D eigenvalue weighted by Gasteiger charge is 2.20. The fraction of sp³-hybridized carbons (Fsp3) is 0.250. The summed E-state index contributed by atoms with van der Waals surface area (Å²) >= 11 is 6.18. The Labute approximate surface area is 127 Å². The highest BCUT2D eigenvalue weighted by Crippen LogP contribution is 2.26. The third kappa shape index (κ3) is 2.72. The van der Waals surface area contributed by atoms with Gasteiger partial charge in [0, 0.05) is 16.8 Å². The van der Waals surface area contributed by atoms with Crippen LogP contribution in [-0.4, -0.2) is 15.6 Å². The Hall–Kier alpha value is -2.07. The predicted molar refractivity (Wildman–Crippen MR) is 82.4 cm³/mol. The van der Waals surface area contributed by atoms with Gasteiger partial charge in [-0.2, -0.15) is 0 Å². The van der Waals surface area contributed by atoms with E-state index in [1.807, 2.05) is 25.1 Å². The topological polar surface area (TPSA) is 59.3 Å². The van der Waals surface area contributed by atoms with E-state index in [1.54, 1.807) is 19.9 Å². The van der Waals surface area contributed by atoms with Crippen LogP contribution < -0.4 is 5.56 Å².